The van der Waals surface area contributed by atoms with Gasteiger partial charge in [-0.2, -0.15) is 4.31 Å². The first-order chi connectivity index (χ1) is 11.1. The first-order valence-corrected chi connectivity index (χ1v) is 9.26. The SMILES string of the molecule is O=C(Nc1ccccc1S(=O)(=O)N1CCOCC1)N1CCCC1. The number of likely N-dealkylation sites (tertiary alicyclic amines) is 1. The van der Waals surface area contributed by atoms with Crippen LogP contribution in [0.1, 0.15) is 12.8 Å². The molecule has 0 unspecified atom stereocenters. The van der Waals surface area contributed by atoms with Gasteiger partial charge in [-0.25, -0.2) is 13.2 Å². The summed E-state index contributed by atoms with van der Waals surface area (Å²) in [6.07, 6.45) is 1.97. The molecule has 7 nitrogen and oxygen atoms in total. The van der Waals surface area contributed by atoms with Crippen molar-refractivity contribution < 1.29 is 17.9 Å². The molecule has 2 fully saturated rings. The molecule has 2 saturated heterocycles. The maximum atomic E-state index is 12.8. The molecule has 2 aliphatic rings. The van der Waals surface area contributed by atoms with E-state index in [4.69, 9.17) is 4.74 Å². The van der Waals surface area contributed by atoms with E-state index in [9.17, 15) is 13.2 Å². The second-order valence-electron chi connectivity index (χ2n) is 5.64. The molecule has 8 heteroatoms. The fourth-order valence-corrected chi connectivity index (χ4v) is 4.39. The summed E-state index contributed by atoms with van der Waals surface area (Å²) in [4.78, 5) is 14.1. The number of hydrogen-bond acceptors (Lipinski definition) is 4. The van der Waals surface area contributed by atoms with Crippen LogP contribution in [0.25, 0.3) is 0 Å². The third kappa shape index (κ3) is 3.49. The van der Waals surface area contributed by atoms with Gasteiger partial charge < -0.3 is 15.0 Å². The number of hydrogen-bond donors (Lipinski definition) is 1. The number of urea groups is 1. The normalized spacial score (nSPS) is 19.7. The minimum Gasteiger partial charge on any atom is -0.379 e. The Bertz CT molecular complexity index is 665. The number of para-hydroxylation sites is 1. The lowest BCUT2D eigenvalue weighted by atomic mass is 10.3. The van der Waals surface area contributed by atoms with Crippen molar-refractivity contribution >= 4 is 21.7 Å². The molecule has 1 aromatic carbocycles. The van der Waals surface area contributed by atoms with E-state index in [1.807, 2.05) is 0 Å². The number of ether oxygens (including phenoxy) is 1. The summed E-state index contributed by atoms with van der Waals surface area (Å²) in [7, 11) is -3.64. The largest absolute Gasteiger partial charge is 0.379 e. The van der Waals surface area contributed by atoms with Crippen molar-refractivity contribution in [2.24, 2.45) is 0 Å². The number of sulfonamides is 1. The van der Waals surface area contributed by atoms with Gasteiger partial charge in [0.2, 0.25) is 10.0 Å². The average Bonchev–Trinajstić information content (AvgIpc) is 3.11. The van der Waals surface area contributed by atoms with E-state index in [0.29, 0.717) is 45.1 Å². The van der Waals surface area contributed by atoms with Gasteiger partial charge in [-0.15, -0.1) is 0 Å². The van der Waals surface area contributed by atoms with Gasteiger partial charge in [-0.1, -0.05) is 12.1 Å². The molecule has 1 N–H and O–H groups in total. The van der Waals surface area contributed by atoms with Crippen molar-refractivity contribution in [2.45, 2.75) is 17.7 Å². The van der Waals surface area contributed by atoms with Crippen molar-refractivity contribution in [2.75, 3.05) is 44.7 Å². The Morgan fingerprint density at radius 1 is 1.04 bits per heavy atom. The van der Waals surface area contributed by atoms with Crippen molar-refractivity contribution in [3.8, 4) is 0 Å². The zero-order valence-electron chi connectivity index (χ0n) is 12.9. The maximum Gasteiger partial charge on any atom is 0.321 e. The molecule has 3 rings (SSSR count). The molecule has 2 amide bonds. The molecule has 0 aromatic heterocycles. The summed E-state index contributed by atoms with van der Waals surface area (Å²) in [6, 6.07) is 6.30. The molecule has 2 heterocycles. The summed E-state index contributed by atoms with van der Waals surface area (Å²) in [5.74, 6) is 0. The zero-order valence-corrected chi connectivity index (χ0v) is 13.7. The van der Waals surface area contributed by atoms with Gasteiger partial charge in [0.15, 0.2) is 0 Å². The Hall–Kier alpha value is -1.64. The summed E-state index contributed by atoms with van der Waals surface area (Å²) in [5, 5.41) is 2.75. The topological polar surface area (TPSA) is 79.0 Å². The van der Waals surface area contributed by atoms with Crippen LogP contribution < -0.4 is 5.32 Å². The molecule has 0 spiro atoms. The highest BCUT2D eigenvalue weighted by Crippen LogP contribution is 2.25. The number of anilines is 1. The third-order valence-electron chi connectivity index (χ3n) is 4.11. The lowest BCUT2D eigenvalue weighted by Gasteiger charge is -2.27. The molecule has 126 valence electrons. The smallest absolute Gasteiger partial charge is 0.321 e. The lowest BCUT2D eigenvalue weighted by Crippen LogP contribution is -2.41. The number of amides is 2. The molecule has 0 saturated carbocycles. The van der Waals surface area contributed by atoms with E-state index in [2.05, 4.69) is 5.32 Å². The Balaban J connectivity index is 1.83. The highest BCUT2D eigenvalue weighted by molar-refractivity contribution is 7.89. The summed E-state index contributed by atoms with van der Waals surface area (Å²) >= 11 is 0. The molecule has 23 heavy (non-hydrogen) atoms. The standard InChI is InChI=1S/C15H21N3O4S/c19-15(17-7-3-4-8-17)16-13-5-1-2-6-14(13)23(20,21)18-9-11-22-12-10-18/h1-2,5-6H,3-4,7-12H2,(H,16,19). The number of morpholine rings is 1. The number of rotatable bonds is 3. The van der Waals surface area contributed by atoms with Crippen LogP contribution in [-0.4, -0.2) is 63.0 Å². The van der Waals surface area contributed by atoms with Crippen LogP contribution in [0.3, 0.4) is 0 Å². The minimum atomic E-state index is -3.64. The van der Waals surface area contributed by atoms with Gasteiger partial charge in [-0.3, -0.25) is 0 Å². The predicted molar refractivity (Wildman–Crippen MR) is 85.8 cm³/mol. The number of carbonyl (C=O) groups excluding carboxylic acids is 1. The van der Waals surface area contributed by atoms with E-state index in [0.717, 1.165) is 12.8 Å². The molecule has 2 aliphatic heterocycles. The number of carbonyl (C=O) groups is 1. The van der Waals surface area contributed by atoms with Crippen molar-refractivity contribution in [1.82, 2.24) is 9.21 Å². The van der Waals surface area contributed by atoms with Crippen LogP contribution in [0.15, 0.2) is 29.2 Å². The quantitative estimate of drug-likeness (QED) is 0.901. The molecule has 0 radical (unpaired) electrons. The van der Waals surface area contributed by atoms with E-state index in [1.54, 1.807) is 23.1 Å². The Morgan fingerprint density at radius 3 is 2.39 bits per heavy atom. The van der Waals surface area contributed by atoms with Gasteiger partial charge in [0.05, 0.1) is 18.9 Å². The number of nitrogens with zero attached hydrogens (tertiary/aromatic N) is 2. The molecular weight excluding hydrogens is 318 g/mol. The number of benzene rings is 1. The fraction of sp³-hybridized carbons (Fsp3) is 0.533. The maximum absolute atomic E-state index is 12.8. The molecule has 0 aliphatic carbocycles. The molecular formula is C15H21N3O4S. The molecule has 0 atom stereocenters. The lowest BCUT2D eigenvalue weighted by molar-refractivity contribution is 0.0730. The van der Waals surface area contributed by atoms with Gasteiger partial charge in [0.25, 0.3) is 0 Å². The fourth-order valence-electron chi connectivity index (χ4n) is 2.84. The second-order valence-corrected chi connectivity index (χ2v) is 7.54. The highest BCUT2D eigenvalue weighted by Gasteiger charge is 2.29. The number of nitrogens with one attached hydrogen (secondary N) is 1. The van der Waals surface area contributed by atoms with Crippen molar-refractivity contribution in [1.29, 1.82) is 0 Å². The van der Waals surface area contributed by atoms with Gasteiger partial charge in [0.1, 0.15) is 4.90 Å². The Labute approximate surface area is 136 Å². The van der Waals surface area contributed by atoms with E-state index in [-0.39, 0.29) is 10.9 Å². The highest BCUT2D eigenvalue weighted by atomic mass is 32.2. The Morgan fingerprint density at radius 2 is 1.70 bits per heavy atom. The van der Waals surface area contributed by atoms with Gasteiger partial charge in [-0.05, 0) is 25.0 Å². The van der Waals surface area contributed by atoms with E-state index < -0.39 is 10.0 Å². The monoisotopic (exact) mass is 339 g/mol. The summed E-state index contributed by atoms with van der Waals surface area (Å²) < 4.78 is 32.2. The summed E-state index contributed by atoms with van der Waals surface area (Å²) in [6.45, 7) is 2.87. The predicted octanol–water partition coefficient (Wildman–Crippen LogP) is 1.34. The average molecular weight is 339 g/mol. The minimum absolute atomic E-state index is 0.134. The van der Waals surface area contributed by atoms with Crippen molar-refractivity contribution in [3.05, 3.63) is 24.3 Å². The second kappa shape index (κ2) is 6.86. The van der Waals surface area contributed by atoms with Crippen LogP contribution in [0.5, 0.6) is 0 Å². The van der Waals surface area contributed by atoms with Crippen LogP contribution in [-0.2, 0) is 14.8 Å². The third-order valence-corrected chi connectivity index (χ3v) is 6.07. The zero-order chi connectivity index (χ0) is 16.3. The van der Waals surface area contributed by atoms with Crippen LogP contribution >= 0.6 is 0 Å². The van der Waals surface area contributed by atoms with E-state index in [1.165, 1.54) is 10.4 Å². The Kier molecular flexibility index (Phi) is 4.84. The van der Waals surface area contributed by atoms with Gasteiger partial charge >= 0.3 is 6.03 Å². The first kappa shape index (κ1) is 16.2. The van der Waals surface area contributed by atoms with Gasteiger partial charge in [0, 0.05) is 26.2 Å². The first-order valence-electron chi connectivity index (χ1n) is 7.82. The molecule has 1 aromatic rings. The van der Waals surface area contributed by atoms with E-state index >= 15 is 0 Å². The summed E-state index contributed by atoms with van der Waals surface area (Å²) in [5.41, 5.74) is 0.330. The molecule has 0 bridgehead atoms. The van der Waals surface area contributed by atoms with Crippen LogP contribution in [0, 0.1) is 0 Å². The van der Waals surface area contributed by atoms with Crippen molar-refractivity contribution in [3.63, 3.8) is 0 Å². The van der Waals surface area contributed by atoms with Crippen LogP contribution in [0.2, 0.25) is 0 Å². The van der Waals surface area contributed by atoms with Crippen LogP contribution in [0.4, 0.5) is 10.5 Å².